The number of ether oxygens (including phenoxy) is 2. The molecule has 1 heterocycles. The highest BCUT2D eigenvalue weighted by Gasteiger charge is 2.14. The average molecular weight is 468 g/mol. The Labute approximate surface area is 193 Å². The zero-order chi connectivity index (χ0) is 24.0. The van der Waals surface area contributed by atoms with Crippen molar-refractivity contribution in [3.8, 4) is 5.75 Å². The lowest BCUT2D eigenvalue weighted by Gasteiger charge is -2.14. The molecule has 1 aromatic heterocycles. The van der Waals surface area contributed by atoms with E-state index in [0.29, 0.717) is 33.2 Å². The number of aromatic nitrogens is 2. The van der Waals surface area contributed by atoms with Gasteiger partial charge in [-0.15, -0.1) is 4.36 Å². The van der Waals surface area contributed by atoms with E-state index in [0.717, 1.165) is 5.39 Å². The van der Waals surface area contributed by atoms with Crippen molar-refractivity contribution in [1.82, 2.24) is 9.97 Å². The molecule has 1 unspecified atom stereocenters. The Morgan fingerprint density at radius 2 is 2.06 bits per heavy atom. The van der Waals surface area contributed by atoms with Gasteiger partial charge in [0.15, 0.2) is 0 Å². The molecule has 0 aliphatic carbocycles. The lowest BCUT2D eigenvalue weighted by atomic mass is 10.2. The summed E-state index contributed by atoms with van der Waals surface area (Å²) in [4.78, 5) is 24.2. The first kappa shape index (κ1) is 23.9. The highest BCUT2D eigenvalue weighted by Crippen LogP contribution is 2.35. The maximum atomic E-state index is 12.9. The van der Waals surface area contributed by atoms with Crippen LogP contribution < -0.4 is 10.1 Å². The molecule has 0 saturated heterocycles. The highest BCUT2D eigenvalue weighted by molar-refractivity contribution is 7.93. The molecule has 0 aliphatic heterocycles. The monoisotopic (exact) mass is 467 g/mol. The first-order chi connectivity index (χ1) is 15.7. The van der Waals surface area contributed by atoms with E-state index in [9.17, 15) is 9.00 Å². The van der Waals surface area contributed by atoms with Gasteiger partial charge in [-0.1, -0.05) is 12.1 Å². The molecule has 10 heteroatoms. The van der Waals surface area contributed by atoms with Gasteiger partial charge in [0.1, 0.15) is 24.5 Å². The van der Waals surface area contributed by atoms with Crippen molar-refractivity contribution in [2.75, 3.05) is 18.2 Å². The van der Waals surface area contributed by atoms with Gasteiger partial charge in [-0.25, -0.2) is 23.8 Å². The zero-order valence-corrected chi connectivity index (χ0v) is 19.7. The minimum Gasteiger partial charge on any atom is -0.500 e. The van der Waals surface area contributed by atoms with E-state index in [4.69, 9.17) is 16.0 Å². The summed E-state index contributed by atoms with van der Waals surface area (Å²) >= 11 is 0. The predicted octanol–water partition coefficient (Wildman–Crippen LogP) is 5.19. The number of anilines is 1. The molecule has 0 radical (unpaired) electrons. The van der Waals surface area contributed by atoms with Crippen LogP contribution in [0.2, 0.25) is 0 Å². The fourth-order valence-corrected chi connectivity index (χ4v) is 4.18. The maximum absolute atomic E-state index is 12.9. The summed E-state index contributed by atoms with van der Waals surface area (Å²) in [5.41, 5.74) is 1.69. The van der Waals surface area contributed by atoms with E-state index in [1.54, 1.807) is 43.3 Å². The van der Waals surface area contributed by atoms with Crippen LogP contribution >= 0.6 is 0 Å². The Hall–Kier alpha value is -3.71. The summed E-state index contributed by atoms with van der Waals surface area (Å²) in [7, 11) is -2.97. The van der Waals surface area contributed by atoms with Crippen molar-refractivity contribution >= 4 is 38.2 Å². The highest BCUT2D eigenvalue weighted by atomic mass is 32.2. The Morgan fingerprint density at radius 1 is 1.27 bits per heavy atom. The van der Waals surface area contributed by atoms with Gasteiger partial charge in [-0.05, 0) is 50.6 Å². The van der Waals surface area contributed by atoms with Crippen LogP contribution in [-0.2, 0) is 21.1 Å². The van der Waals surface area contributed by atoms with E-state index in [1.807, 2.05) is 13.8 Å². The number of carbonyl (C=O) groups excluding carboxylic acids is 1. The first-order valence-corrected chi connectivity index (χ1v) is 12.2. The summed E-state index contributed by atoms with van der Waals surface area (Å²) in [5.74, 6) is 1.03. The van der Waals surface area contributed by atoms with Gasteiger partial charge in [-0.3, -0.25) is 0 Å². The molecule has 172 valence electrons. The Balaban J connectivity index is 1.88. The van der Waals surface area contributed by atoms with E-state index in [-0.39, 0.29) is 19.3 Å². The Kier molecular flexibility index (Phi) is 7.45. The van der Waals surface area contributed by atoms with Gasteiger partial charge in [0.05, 0.1) is 28.4 Å². The van der Waals surface area contributed by atoms with Crippen LogP contribution in [0.25, 0.3) is 15.7 Å². The van der Waals surface area contributed by atoms with E-state index in [1.165, 1.54) is 12.6 Å². The van der Waals surface area contributed by atoms with Crippen LogP contribution in [0.1, 0.15) is 26.3 Å². The van der Waals surface area contributed by atoms with Gasteiger partial charge in [0.25, 0.3) is 0 Å². The number of hydrogen-bond donors (Lipinski definition) is 1. The second kappa shape index (κ2) is 10.3. The minimum absolute atomic E-state index is 0.124. The number of fused-ring (bicyclic) bond motifs is 1. The van der Waals surface area contributed by atoms with Crippen LogP contribution in [0.15, 0.2) is 52.0 Å². The molecular formula is C23H25N5O4S. The standard InChI is InChI=1S/C23H25N5O4S/c1-6-31-23(29)28-33(5,30)17-9-7-8-16(10-17)13-32-21-12-19-18(11-20(21)24-4)22(26-14-25-19)27-15(2)3/h7-12,14-15H,6,13H2,1-3,5H3,(H,25,26,27). The minimum atomic E-state index is -2.97. The third kappa shape index (κ3) is 5.96. The third-order valence-corrected chi connectivity index (χ3v) is 6.13. The summed E-state index contributed by atoms with van der Waals surface area (Å²) in [5, 5.41) is 3.99. The molecule has 1 atom stereocenters. The number of rotatable bonds is 7. The molecule has 1 N–H and O–H groups in total. The van der Waals surface area contributed by atoms with Gasteiger partial charge in [0, 0.05) is 22.6 Å². The maximum Gasteiger partial charge on any atom is 0.442 e. The lowest BCUT2D eigenvalue weighted by molar-refractivity contribution is 0.164. The molecule has 3 aromatic rings. The predicted molar refractivity (Wildman–Crippen MR) is 127 cm³/mol. The van der Waals surface area contributed by atoms with Crippen LogP contribution in [-0.4, -0.2) is 39.2 Å². The van der Waals surface area contributed by atoms with E-state index < -0.39 is 15.8 Å². The second-order valence-electron chi connectivity index (χ2n) is 7.50. The van der Waals surface area contributed by atoms with Crippen molar-refractivity contribution in [3.05, 3.63) is 59.7 Å². The fraction of sp³-hybridized carbons (Fsp3) is 0.304. The summed E-state index contributed by atoms with van der Waals surface area (Å²) in [6.45, 7) is 13.5. The zero-order valence-electron chi connectivity index (χ0n) is 18.9. The normalized spacial score (nSPS) is 12.6. The van der Waals surface area contributed by atoms with Gasteiger partial charge in [0.2, 0.25) is 5.69 Å². The smallest absolute Gasteiger partial charge is 0.442 e. The third-order valence-electron chi connectivity index (χ3n) is 4.51. The second-order valence-corrected chi connectivity index (χ2v) is 9.76. The molecule has 0 bridgehead atoms. The quantitative estimate of drug-likeness (QED) is 0.476. The van der Waals surface area contributed by atoms with E-state index in [2.05, 4.69) is 24.5 Å². The Morgan fingerprint density at radius 3 is 2.76 bits per heavy atom. The van der Waals surface area contributed by atoms with Crippen LogP contribution in [0, 0.1) is 6.57 Å². The lowest BCUT2D eigenvalue weighted by Crippen LogP contribution is -2.11. The number of carbonyl (C=O) groups is 1. The number of amides is 1. The van der Waals surface area contributed by atoms with Gasteiger partial charge in [-0.2, -0.15) is 0 Å². The number of hydrogen-bond acceptors (Lipinski definition) is 7. The molecule has 0 aliphatic rings. The van der Waals surface area contributed by atoms with Crippen LogP contribution in [0.3, 0.4) is 0 Å². The van der Waals surface area contributed by atoms with Crippen molar-refractivity contribution in [2.45, 2.75) is 38.3 Å². The number of benzene rings is 2. The van der Waals surface area contributed by atoms with Gasteiger partial charge < -0.3 is 14.8 Å². The summed E-state index contributed by atoms with van der Waals surface area (Å²) in [6, 6.07) is 10.4. The molecule has 0 saturated carbocycles. The number of nitrogens with zero attached hydrogens (tertiary/aromatic N) is 4. The van der Waals surface area contributed by atoms with E-state index >= 15 is 0 Å². The summed E-state index contributed by atoms with van der Waals surface area (Å²) in [6.07, 6.45) is 1.98. The SMILES string of the molecule is [C-]#[N+]c1cc2c(NC(C)C)ncnc2cc1OCc1cccc(S(C)(=O)=NC(=O)OCC)c1. The molecular weight excluding hydrogens is 442 g/mol. The molecule has 0 fully saturated rings. The Bertz CT molecular complexity index is 1340. The van der Waals surface area contributed by atoms with Gasteiger partial charge >= 0.3 is 6.09 Å². The molecule has 9 nitrogen and oxygen atoms in total. The largest absolute Gasteiger partial charge is 0.500 e. The van der Waals surface area contributed by atoms with Crippen LogP contribution in [0.4, 0.5) is 16.3 Å². The molecule has 3 rings (SSSR count). The molecule has 33 heavy (non-hydrogen) atoms. The molecule has 0 spiro atoms. The summed E-state index contributed by atoms with van der Waals surface area (Å²) < 4.78 is 27.3. The van der Waals surface area contributed by atoms with Crippen LogP contribution in [0.5, 0.6) is 5.75 Å². The van der Waals surface area contributed by atoms with Crippen molar-refractivity contribution in [1.29, 1.82) is 0 Å². The van der Waals surface area contributed by atoms with Crippen molar-refractivity contribution < 1.29 is 18.5 Å². The van der Waals surface area contributed by atoms with Crippen molar-refractivity contribution in [2.24, 2.45) is 4.36 Å². The molecule has 2 aromatic carbocycles. The fourth-order valence-electron chi connectivity index (χ4n) is 3.04. The topological polar surface area (TPSA) is 107 Å². The first-order valence-electron chi connectivity index (χ1n) is 10.3. The molecule has 1 amide bonds. The van der Waals surface area contributed by atoms with Crippen molar-refractivity contribution in [3.63, 3.8) is 0 Å². The average Bonchev–Trinajstić information content (AvgIpc) is 2.77. The number of nitrogens with one attached hydrogen (secondary N) is 1.